The van der Waals surface area contributed by atoms with Gasteiger partial charge in [0.2, 0.25) is 5.91 Å². The van der Waals surface area contributed by atoms with Gasteiger partial charge in [0, 0.05) is 31.9 Å². The van der Waals surface area contributed by atoms with E-state index in [0.29, 0.717) is 49.1 Å². The van der Waals surface area contributed by atoms with Gasteiger partial charge in [-0.25, -0.2) is 0 Å². The van der Waals surface area contributed by atoms with Crippen molar-refractivity contribution in [1.82, 2.24) is 5.32 Å². The van der Waals surface area contributed by atoms with E-state index in [2.05, 4.69) is 15.1 Å². The molecule has 1 saturated heterocycles. The number of nitrogens with zero attached hydrogens (tertiary/aromatic N) is 2. The minimum Gasteiger partial charge on any atom is -0.366 e. The average molecular weight is 464 g/mol. The number of piperazine rings is 1. The fourth-order valence-electron chi connectivity index (χ4n) is 4.92. The van der Waals surface area contributed by atoms with Crippen LogP contribution in [0.4, 0.5) is 24.5 Å². The molecule has 0 spiro atoms. The number of carbonyl (C=O) groups is 1. The molecule has 0 unspecified atom stereocenters. The first-order valence-corrected chi connectivity index (χ1v) is 11.4. The zero-order chi connectivity index (χ0) is 22.5. The van der Waals surface area contributed by atoms with Crippen LogP contribution < -0.4 is 15.1 Å². The number of para-hydroxylation sites is 1. The molecule has 1 saturated carbocycles. The lowest BCUT2D eigenvalue weighted by Gasteiger charge is -2.50. The Hall–Kier alpha value is -2.41. The molecule has 2 fully saturated rings. The number of anilines is 2. The molecule has 5 rings (SSSR count). The number of hydrogen-bond donors (Lipinski definition) is 1. The van der Waals surface area contributed by atoms with Gasteiger partial charge in [-0.15, -0.1) is 0 Å². The Balaban J connectivity index is 1.46. The lowest BCUT2D eigenvalue weighted by molar-refractivity contribution is -0.137. The predicted octanol–water partition coefficient (Wildman–Crippen LogP) is 4.75. The molecule has 2 aliphatic heterocycles. The van der Waals surface area contributed by atoms with Gasteiger partial charge in [0.25, 0.3) is 0 Å². The van der Waals surface area contributed by atoms with Gasteiger partial charge in [0.1, 0.15) is 0 Å². The third-order valence-electron chi connectivity index (χ3n) is 6.83. The molecule has 170 valence electrons. The van der Waals surface area contributed by atoms with E-state index in [0.717, 1.165) is 30.3 Å². The number of rotatable bonds is 4. The Labute approximate surface area is 190 Å². The third kappa shape index (κ3) is 4.15. The van der Waals surface area contributed by atoms with Crippen LogP contribution in [-0.4, -0.2) is 38.1 Å². The highest BCUT2D eigenvalue weighted by Gasteiger charge is 2.43. The second kappa shape index (κ2) is 8.18. The lowest BCUT2D eigenvalue weighted by Crippen LogP contribution is -2.61. The Morgan fingerprint density at radius 1 is 1.09 bits per heavy atom. The van der Waals surface area contributed by atoms with E-state index in [1.165, 1.54) is 6.07 Å². The van der Waals surface area contributed by atoms with Gasteiger partial charge in [0.05, 0.1) is 28.2 Å². The molecule has 0 aromatic heterocycles. The highest BCUT2D eigenvalue weighted by Crippen LogP contribution is 2.41. The first kappa shape index (κ1) is 21.4. The summed E-state index contributed by atoms with van der Waals surface area (Å²) in [5.74, 6) is 0.0414. The van der Waals surface area contributed by atoms with Crippen molar-refractivity contribution in [2.45, 2.75) is 31.5 Å². The molecular formula is C24H25ClF3N3O. The molecule has 1 aliphatic carbocycles. The maximum absolute atomic E-state index is 13.3. The Kier molecular flexibility index (Phi) is 5.48. The van der Waals surface area contributed by atoms with Crippen LogP contribution >= 0.6 is 11.6 Å². The molecule has 2 atom stereocenters. The molecule has 32 heavy (non-hydrogen) atoms. The van der Waals surface area contributed by atoms with Crippen molar-refractivity contribution in [2.75, 3.05) is 36.0 Å². The van der Waals surface area contributed by atoms with Crippen molar-refractivity contribution in [1.29, 1.82) is 0 Å². The summed E-state index contributed by atoms with van der Waals surface area (Å²) in [4.78, 5) is 17.5. The van der Waals surface area contributed by atoms with Crippen LogP contribution in [0.5, 0.6) is 0 Å². The molecule has 2 aromatic rings. The number of fused-ring (bicyclic) bond motifs is 3. The van der Waals surface area contributed by atoms with Crippen molar-refractivity contribution in [3.8, 4) is 0 Å². The average Bonchev–Trinajstić information content (AvgIpc) is 3.60. The van der Waals surface area contributed by atoms with Gasteiger partial charge >= 0.3 is 6.18 Å². The van der Waals surface area contributed by atoms with E-state index in [4.69, 9.17) is 11.6 Å². The van der Waals surface area contributed by atoms with Crippen molar-refractivity contribution >= 4 is 28.9 Å². The molecule has 0 bridgehead atoms. The summed E-state index contributed by atoms with van der Waals surface area (Å²) in [7, 11) is 0. The first-order chi connectivity index (χ1) is 15.3. The van der Waals surface area contributed by atoms with Gasteiger partial charge in [-0.05, 0) is 61.1 Å². The number of carbonyl (C=O) groups excluding carboxylic acids is 1. The smallest absolute Gasteiger partial charge is 0.366 e. The lowest BCUT2D eigenvalue weighted by atomic mass is 9.82. The van der Waals surface area contributed by atoms with E-state index < -0.39 is 17.7 Å². The van der Waals surface area contributed by atoms with Crippen LogP contribution in [0.1, 0.15) is 24.0 Å². The second-order valence-electron chi connectivity index (χ2n) is 9.00. The minimum atomic E-state index is -4.40. The van der Waals surface area contributed by atoms with Gasteiger partial charge in [-0.3, -0.25) is 4.79 Å². The number of alkyl halides is 3. The molecule has 0 radical (unpaired) electrons. The third-order valence-corrected chi connectivity index (χ3v) is 7.15. The molecule has 4 nitrogen and oxygen atoms in total. The Morgan fingerprint density at radius 2 is 1.88 bits per heavy atom. The van der Waals surface area contributed by atoms with Crippen LogP contribution in [0.3, 0.4) is 0 Å². The topological polar surface area (TPSA) is 35.6 Å². The predicted molar refractivity (Wildman–Crippen MR) is 119 cm³/mol. The summed E-state index contributed by atoms with van der Waals surface area (Å²) >= 11 is 6.42. The van der Waals surface area contributed by atoms with Gasteiger partial charge in [-0.2, -0.15) is 13.2 Å². The van der Waals surface area contributed by atoms with E-state index in [-0.39, 0.29) is 11.9 Å². The maximum Gasteiger partial charge on any atom is 0.416 e. The summed E-state index contributed by atoms with van der Waals surface area (Å²) in [6, 6.07) is 11.4. The summed E-state index contributed by atoms with van der Waals surface area (Å²) in [5, 5.41) is 3.71. The minimum absolute atomic E-state index is 0.0732. The number of benzene rings is 2. The zero-order valence-electron chi connectivity index (χ0n) is 17.5. The van der Waals surface area contributed by atoms with Crippen LogP contribution in [0, 0.1) is 11.8 Å². The van der Waals surface area contributed by atoms with Crippen molar-refractivity contribution in [2.24, 2.45) is 11.8 Å². The van der Waals surface area contributed by atoms with Crippen molar-refractivity contribution in [3.05, 3.63) is 58.6 Å². The number of nitrogens with one attached hydrogen (secondary N) is 1. The van der Waals surface area contributed by atoms with E-state index in [9.17, 15) is 18.0 Å². The molecule has 1 amide bonds. The molecule has 2 aromatic carbocycles. The van der Waals surface area contributed by atoms with E-state index >= 15 is 0 Å². The summed E-state index contributed by atoms with van der Waals surface area (Å²) in [6.07, 6.45) is -1.86. The van der Waals surface area contributed by atoms with Gasteiger partial charge < -0.3 is 15.1 Å². The maximum atomic E-state index is 13.3. The fourth-order valence-corrected chi connectivity index (χ4v) is 5.18. The number of amides is 1. The molecular weight excluding hydrogens is 439 g/mol. The van der Waals surface area contributed by atoms with Gasteiger partial charge in [-0.1, -0.05) is 23.7 Å². The second-order valence-corrected chi connectivity index (χ2v) is 9.41. The van der Waals surface area contributed by atoms with Gasteiger partial charge in [0.15, 0.2) is 0 Å². The normalized spacial score (nSPS) is 22.9. The summed E-state index contributed by atoms with van der Waals surface area (Å²) < 4.78 is 40.0. The van der Waals surface area contributed by atoms with Crippen LogP contribution in [0.2, 0.25) is 5.02 Å². The number of hydrogen-bond acceptors (Lipinski definition) is 3. The van der Waals surface area contributed by atoms with Crippen molar-refractivity contribution in [3.63, 3.8) is 0 Å². The van der Waals surface area contributed by atoms with E-state index in [1.807, 2.05) is 24.3 Å². The van der Waals surface area contributed by atoms with Crippen LogP contribution in [0.15, 0.2) is 42.5 Å². The standard InChI is InChI=1S/C24H25ClF3N3O/c25-19-3-1-2-4-21(19)30-9-10-31-20-8-7-17(24(26,27)28)11-16(20)12-18(22(31)14-30)23(32)29-13-15-5-6-15/h1-4,7-8,11,15,18,22H,5-6,9-10,12-14H2,(H,29,32)/t18-,22+/m0/s1. The highest BCUT2D eigenvalue weighted by molar-refractivity contribution is 6.33. The largest absolute Gasteiger partial charge is 0.416 e. The molecule has 3 aliphatic rings. The molecule has 2 heterocycles. The van der Waals surface area contributed by atoms with Crippen molar-refractivity contribution < 1.29 is 18.0 Å². The summed E-state index contributed by atoms with van der Waals surface area (Å²) in [5.41, 5.74) is 1.65. The zero-order valence-corrected chi connectivity index (χ0v) is 18.3. The number of halogens is 4. The Bertz CT molecular complexity index is 1020. The van der Waals surface area contributed by atoms with E-state index in [1.54, 1.807) is 6.07 Å². The molecule has 8 heteroatoms. The fraction of sp³-hybridized carbons (Fsp3) is 0.458. The Morgan fingerprint density at radius 3 is 2.59 bits per heavy atom. The SMILES string of the molecule is O=C(NCC1CC1)[C@H]1Cc2cc(C(F)(F)F)ccc2N2CCN(c3ccccc3Cl)C[C@H]12. The monoisotopic (exact) mass is 463 g/mol. The quantitative estimate of drug-likeness (QED) is 0.710. The highest BCUT2D eigenvalue weighted by atomic mass is 35.5. The van der Waals surface area contributed by atoms with Crippen LogP contribution in [0.25, 0.3) is 0 Å². The molecule has 1 N–H and O–H groups in total. The van der Waals surface area contributed by atoms with Crippen LogP contribution in [-0.2, 0) is 17.4 Å². The first-order valence-electron chi connectivity index (χ1n) is 11.0. The summed E-state index contributed by atoms with van der Waals surface area (Å²) in [6.45, 7) is 2.52.